The van der Waals surface area contributed by atoms with E-state index in [2.05, 4.69) is 32.3 Å². The Morgan fingerprint density at radius 3 is 2.00 bits per heavy atom. The van der Waals surface area contributed by atoms with E-state index in [-0.39, 0.29) is 5.75 Å². The molecule has 0 aromatic carbocycles. The topological polar surface area (TPSA) is 37.4 Å². The first-order chi connectivity index (χ1) is 4.00. The van der Waals surface area contributed by atoms with E-state index >= 15 is 0 Å². The molecule has 0 aliphatic carbocycles. The summed E-state index contributed by atoms with van der Waals surface area (Å²) in [6.07, 6.45) is 0.621. The number of hydrogen-bond acceptors (Lipinski definition) is 2. The van der Waals surface area contributed by atoms with Gasteiger partial charge < -0.3 is 0 Å². The number of hydrogen-bond donors (Lipinski definition) is 0. The molecule has 0 atom stereocenters. The minimum atomic E-state index is -3.08. The lowest BCUT2D eigenvalue weighted by Gasteiger charge is -2.03. The second-order valence-corrected chi connectivity index (χ2v) is 6.73. The summed E-state index contributed by atoms with van der Waals surface area (Å²) in [5.74, 6) is 0.156. The van der Waals surface area contributed by atoms with Crippen LogP contribution in [0.25, 0.3) is 0 Å². The molecule has 0 fully saturated rings. The molecular formula is C3H7Br2NO2S. The molecular weight excluding hydrogens is 274 g/mol. The van der Waals surface area contributed by atoms with E-state index in [1.165, 1.54) is 0 Å². The predicted molar refractivity (Wildman–Crippen MR) is 43.8 cm³/mol. The first kappa shape index (κ1) is 9.87. The Morgan fingerprint density at radius 2 is 1.89 bits per heavy atom. The van der Waals surface area contributed by atoms with Gasteiger partial charge in [0.2, 0.25) is 10.0 Å². The maximum absolute atomic E-state index is 10.8. The predicted octanol–water partition coefficient (Wildman–Crippen LogP) is 1.65. The Hall–Kier alpha value is 0.870. The van der Waals surface area contributed by atoms with Crippen LogP contribution in [0.15, 0.2) is 0 Å². The SMILES string of the molecule is CCCS(=O)(=O)N(Br)Br. The van der Waals surface area contributed by atoms with Gasteiger partial charge in [0.05, 0.1) is 5.75 Å². The summed E-state index contributed by atoms with van der Waals surface area (Å²) in [4.78, 5) is 0. The molecule has 9 heavy (non-hydrogen) atoms. The first-order valence-electron chi connectivity index (χ1n) is 2.35. The van der Waals surface area contributed by atoms with Crippen LogP contribution in [-0.4, -0.2) is 16.5 Å². The molecule has 0 unspecified atom stereocenters. The summed E-state index contributed by atoms with van der Waals surface area (Å²) < 4.78 is 22.4. The lowest BCUT2D eigenvalue weighted by atomic mass is 10.6. The van der Waals surface area contributed by atoms with Gasteiger partial charge in [-0.25, -0.2) is 8.42 Å². The lowest BCUT2D eigenvalue weighted by Crippen LogP contribution is -2.14. The summed E-state index contributed by atoms with van der Waals surface area (Å²) >= 11 is 5.52. The quantitative estimate of drug-likeness (QED) is 0.737. The van der Waals surface area contributed by atoms with Crippen molar-refractivity contribution in [3.63, 3.8) is 0 Å². The van der Waals surface area contributed by atoms with E-state index < -0.39 is 10.0 Å². The van der Waals surface area contributed by atoms with Crippen LogP contribution in [0.2, 0.25) is 0 Å². The van der Waals surface area contributed by atoms with Gasteiger partial charge in [0.25, 0.3) is 0 Å². The smallest absolute Gasteiger partial charge is 0.211 e. The number of sulfonamides is 1. The third-order valence-corrected chi connectivity index (χ3v) is 4.66. The molecule has 6 heteroatoms. The van der Waals surface area contributed by atoms with Crippen LogP contribution < -0.4 is 0 Å². The molecule has 0 heterocycles. The highest BCUT2D eigenvalue weighted by molar-refractivity contribution is 9.22. The molecule has 0 aromatic rings. The summed E-state index contributed by atoms with van der Waals surface area (Å²) in [6, 6.07) is 0. The van der Waals surface area contributed by atoms with Gasteiger partial charge in [-0.2, -0.15) is 0 Å². The summed E-state index contributed by atoms with van der Waals surface area (Å²) in [5, 5.41) is 0. The van der Waals surface area contributed by atoms with Crippen LogP contribution in [0.4, 0.5) is 0 Å². The minimum absolute atomic E-state index is 0.156. The fraction of sp³-hybridized carbons (Fsp3) is 1.00. The standard InChI is InChI=1S/C3H7Br2NO2S/c1-2-3-9(7,8)6(4)5/h2-3H2,1H3. The number of rotatable bonds is 3. The van der Waals surface area contributed by atoms with Crippen molar-refractivity contribution in [3.05, 3.63) is 0 Å². The summed E-state index contributed by atoms with van der Waals surface area (Å²) in [6.45, 7) is 1.81. The van der Waals surface area contributed by atoms with Crippen molar-refractivity contribution < 1.29 is 8.42 Å². The van der Waals surface area contributed by atoms with Crippen LogP contribution in [-0.2, 0) is 10.0 Å². The Morgan fingerprint density at radius 1 is 1.44 bits per heavy atom. The van der Waals surface area contributed by atoms with Gasteiger partial charge in [-0.1, -0.05) is 9.28 Å². The largest absolute Gasteiger partial charge is 0.233 e. The number of halogens is 2. The van der Waals surface area contributed by atoms with Gasteiger partial charge in [0, 0.05) is 32.3 Å². The van der Waals surface area contributed by atoms with Crippen molar-refractivity contribution in [2.75, 3.05) is 5.75 Å². The zero-order valence-electron chi connectivity index (χ0n) is 4.84. The third-order valence-electron chi connectivity index (χ3n) is 0.672. The fourth-order valence-electron chi connectivity index (χ4n) is 0.327. The number of nitrogens with zero attached hydrogens (tertiary/aromatic N) is 1. The molecule has 0 N–H and O–H groups in total. The van der Waals surface area contributed by atoms with Gasteiger partial charge in [-0.05, 0) is 6.42 Å². The van der Waals surface area contributed by atoms with E-state index in [0.29, 0.717) is 6.42 Å². The van der Waals surface area contributed by atoms with Gasteiger partial charge in [0.15, 0.2) is 0 Å². The molecule has 0 rings (SSSR count). The summed E-state index contributed by atoms with van der Waals surface area (Å²) in [5.41, 5.74) is 0. The molecule has 0 aliphatic heterocycles. The van der Waals surface area contributed by atoms with E-state index in [1.807, 2.05) is 0 Å². The second kappa shape index (κ2) is 3.90. The molecule has 0 aliphatic rings. The zero-order valence-corrected chi connectivity index (χ0v) is 8.83. The highest BCUT2D eigenvalue weighted by Crippen LogP contribution is 2.13. The fourth-order valence-corrected chi connectivity index (χ4v) is 1.85. The minimum Gasteiger partial charge on any atom is -0.211 e. The Balaban J connectivity index is 4.05. The Labute approximate surface area is 72.1 Å². The molecule has 0 amide bonds. The maximum Gasteiger partial charge on any atom is 0.233 e. The van der Waals surface area contributed by atoms with Crippen molar-refractivity contribution in [1.29, 1.82) is 0 Å². The summed E-state index contributed by atoms with van der Waals surface area (Å²) in [7, 11) is -3.08. The first-order valence-corrected chi connectivity index (χ1v) is 5.38. The van der Waals surface area contributed by atoms with Crippen molar-refractivity contribution in [1.82, 2.24) is 2.36 Å². The molecule has 0 spiro atoms. The molecule has 0 bridgehead atoms. The van der Waals surface area contributed by atoms with Crippen molar-refractivity contribution >= 4 is 42.3 Å². The molecule has 3 nitrogen and oxygen atoms in total. The lowest BCUT2D eigenvalue weighted by molar-refractivity contribution is 0.583. The highest BCUT2D eigenvalue weighted by Gasteiger charge is 2.14. The Bertz CT molecular complexity index is 165. The molecule has 0 aromatic heterocycles. The van der Waals surface area contributed by atoms with Crippen LogP contribution in [0, 0.1) is 0 Å². The van der Waals surface area contributed by atoms with Gasteiger partial charge in [-0.3, -0.25) is 0 Å². The molecule has 0 radical (unpaired) electrons. The average molecular weight is 281 g/mol. The molecule has 56 valence electrons. The van der Waals surface area contributed by atoms with Gasteiger partial charge in [0.1, 0.15) is 0 Å². The van der Waals surface area contributed by atoms with Crippen LogP contribution in [0.1, 0.15) is 13.3 Å². The van der Waals surface area contributed by atoms with Crippen LogP contribution in [0.3, 0.4) is 0 Å². The van der Waals surface area contributed by atoms with E-state index in [4.69, 9.17) is 0 Å². The van der Waals surface area contributed by atoms with Gasteiger partial charge >= 0.3 is 0 Å². The van der Waals surface area contributed by atoms with Crippen molar-refractivity contribution in [2.24, 2.45) is 0 Å². The normalized spacial score (nSPS) is 12.4. The maximum atomic E-state index is 10.8. The third kappa shape index (κ3) is 3.54. The average Bonchev–Trinajstić information content (AvgIpc) is 1.65. The monoisotopic (exact) mass is 279 g/mol. The van der Waals surface area contributed by atoms with Crippen molar-refractivity contribution in [3.8, 4) is 0 Å². The Kier molecular flexibility index (Phi) is 4.28. The highest BCUT2D eigenvalue weighted by atomic mass is 79.9. The van der Waals surface area contributed by atoms with E-state index in [1.54, 1.807) is 6.92 Å². The molecule has 0 saturated carbocycles. The van der Waals surface area contributed by atoms with Crippen LogP contribution in [0.5, 0.6) is 0 Å². The van der Waals surface area contributed by atoms with Gasteiger partial charge in [-0.15, -0.1) is 0 Å². The molecule has 0 saturated heterocycles. The van der Waals surface area contributed by atoms with E-state index in [9.17, 15) is 8.42 Å². The van der Waals surface area contributed by atoms with E-state index in [0.717, 1.165) is 2.36 Å². The second-order valence-electron chi connectivity index (χ2n) is 1.49. The zero-order chi connectivity index (χ0) is 7.49. The van der Waals surface area contributed by atoms with Crippen molar-refractivity contribution in [2.45, 2.75) is 13.3 Å². The van der Waals surface area contributed by atoms with Crippen LogP contribution >= 0.6 is 32.3 Å².